The maximum Gasteiger partial charge on any atom is 0.189 e. The number of hydrogen-bond donors (Lipinski definition) is 1. The average Bonchev–Trinajstić information content (AvgIpc) is 2.87. The normalized spacial score (nSPS) is 10.6. The third-order valence-electron chi connectivity index (χ3n) is 2.92. The van der Waals surface area contributed by atoms with Crippen molar-refractivity contribution in [3.63, 3.8) is 0 Å². The summed E-state index contributed by atoms with van der Waals surface area (Å²) >= 11 is 1.68. The summed E-state index contributed by atoms with van der Waals surface area (Å²) in [7, 11) is 4.00. The molecule has 1 aromatic carbocycles. The number of anilines is 2. The minimum absolute atomic E-state index is 0.819. The van der Waals surface area contributed by atoms with Crippen LogP contribution in [0, 0.1) is 0 Å². The summed E-state index contributed by atoms with van der Waals surface area (Å²) in [5.74, 6) is 0. The van der Waals surface area contributed by atoms with Gasteiger partial charge in [0.15, 0.2) is 5.13 Å². The van der Waals surface area contributed by atoms with Gasteiger partial charge < -0.3 is 10.2 Å². The molecule has 1 N–H and O–H groups in total. The van der Waals surface area contributed by atoms with E-state index in [1.54, 1.807) is 11.3 Å². The van der Waals surface area contributed by atoms with E-state index in [0.29, 0.717) is 0 Å². The van der Waals surface area contributed by atoms with Gasteiger partial charge in [0.05, 0.1) is 5.69 Å². The van der Waals surface area contributed by atoms with Crippen LogP contribution in [-0.4, -0.2) is 19.1 Å². The molecule has 0 saturated heterocycles. The Morgan fingerprint density at radius 1 is 1.28 bits per heavy atom. The number of rotatable bonds is 5. The number of thiazole rings is 1. The van der Waals surface area contributed by atoms with Crippen molar-refractivity contribution in [2.24, 2.45) is 0 Å². The lowest BCUT2D eigenvalue weighted by Crippen LogP contribution is -2.10. The van der Waals surface area contributed by atoms with Crippen molar-refractivity contribution in [1.82, 2.24) is 10.3 Å². The van der Waals surface area contributed by atoms with Crippen molar-refractivity contribution >= 4 is 22.2 Å². The molecule has 0 radical (unpaired) electrons. The molecule has 0 aliphatic carbocycles. The topological polar surface area (TPSA) is 28.2 Å². The number of benzene rings is 1. The van der Waals surface area contributed by atoms with E-state index in [9.17, 15) is 0 Å². The summed E-state index contributed by atoms with van der Waals surface area (Å²) in [6.07, 6.45) is 1.08. The van der Waals surface area contributed by atoms with Gasteiger partial charge in [0, 0.05) is 24.7 Å². The van der Waals surface area contributed by atoms with Gasteiger partial charge in [-0.25, -0.2) is 4.98 Å². The quantitative estimate of drug-likeness (QED) is 0.896. The molecule has 0 bridgehead atoms. The predicted octanol–water partition coefficient (Wildman–Crippen LogP) is 3.19. The van der Waals surface area contributed by atoms with Crippen molar-refractivity contribution < 1.29 is 0 Å². The fraction of sp³-hybridized carbons (Fsp3) is 0.357. The van der Waals surface area contributed by atoms with E-state index < -0.39 is 0 Å². The first-order valence-electron chi connectivity index (χ1n) is 6.16. The highest BCUT2D eigenvalue weighted by atomic mass is 32.1. The van der Waals surface area contributed by atoms with E-state index in [1.807, 2.05) is 7.05 Å². The van der Waals surface area contributed by atoms with Gasteiger partial charge in [0.2, 0.25) is 0 Å². The zero-order valence-electron chi connectivity index (χ0n) is 11.1. The maximum absolute atomic E-state index is 4.60. The minimum atomic E-state index is 0.819. The van der Waals surface area contributed by atoms with Gasteiger partial charge in [-0.05, 0) is 31.2 Å². The van der Waals surface area contributed by atoms with Crippen molar-refractivity contribution in [2.45, 2.75) is 19.9 Å². The summed E-state index contributed by atoms with van der Waals surface area (Å²) in [6.45, 7) is 2.99. The molecule has 0 saturated carbocycles. The standard InChI is InChI=1S/C14H19N3S/c1-4-11-5-7-13(8-6-11)17(3)14-16-12(9-15-2)10-18-14/h5-8,10,15H,4,9H2,1-3H3. The van der Waals surface area contributed by atoms with E-state index >= 15 is 0 Å². The molecule has 4 heteroatoms. The van der Waals surface area contributed by atoms with Crippen LogP contribution in [0.3, 0.4) is 0 Å². The number of nitrogens with one attached hydrogen (secondary N) is 1. The van der Waals surface area contributed by atoms with E-state index in [1.165, 1.54) is 11.3 Å². The van der Waals surface area contributed by atoms with Gasteiger partial charge in [-0.15, -0.1) is 11.3 Å². The van der Waals surface area contributed by atoms with Crippen LogP contribution in [0.1, 0.15) is 18.2 Å². The summed E-state index contributed by atoms with van der Waals surface area (Å²) in [6, 6.07) is 8.65. The monoisotopic (exact) mass is 261 g/mol. The van der Waals surface area contributed by atoms with E-state index in [2.05, 4.69) is 58.8 Å². The molecule has 0 amide bonds. The lowest BCUT2D eigenvalue weighted by molar-refractivity contribution is 0.797. The third-order valence-corrected chi connectivity index (χ3v) is 3.88. The summed E-state index contributed by atoms with van der Waals surface area (Å²) in [5.41, 5.74) is 3.63. The van der Waals surface area contributed by atoms with Crippen LogP contribution in [0.4, 0.5) is 10.8 Å². The zero-order chi connectivity index (χ0) is 13.0. The van der Waals surface area contributed by atoms with Crippen LogP contribution in [0.25, 0.3) is 0 Å². The summed E-state index contributed by atoms with van der Waals surface area (Å²) < 4.78 is 0. The number of nitrogens with zero attached hydrogens (tertiary/aromatic N) is 2. The summed E-state index contributed by atoms with van der Waals surface area (Å²) in [5, 5.41) is 6.25. The molecule has 0 unspecified atom stereocenters. The first-order valence-corrected chi connectivity index (χ1v) is 7.04. The second-order valence-corrected chi connectivity index (χ2v) is 5.07. The van der Waals surface area contributed by atoms with E-state index in [-0.39, 0.29) is 0 Å². The fourth-order valence-electron chi connectivity index (χ4n) is 1.78. The highest BCUT2D eigenvalue weighted by Gasteiger charge is 2.08. The van der Waals surface area contributed by atoms with Gasteiger partial charge >= 0.3 is 0 Å². The van der Waals surface area contributed by atoms with Crippen molar-refractivity contribution in [3.8, 4) is 0 Å². The number of aromatic nitrogens is 1. The molecular formula is C14H19N3S. The SMILES string of the molecule is CCc1ccc(N(C)c2nc(CNC)cs2)cc1. The first-order chi connectivity index (χ1) is 8.74. The third kappa shape index (κ3) is 2.89. The van der Waals surface area contributed by atoms with E-state index in [0.717, 1.165) is 23.8 Å². The van der Waals surface area contributed by atoms with Crippen LogP contribution in [0.15, 0.2) is 29.6 Å². The van der Waals surface area contributed by atoms with Crippen LogP contribution in [0.2, 0.25) is 0 Å². The Labute approximate surface area is 112 Å². The highest BCUT2D eigenvalue weighted by Crippen LogP contribution is 2.27. The maximum atomic E-state index is 4.60. The largest absolute Gasteiger partial charge is 0.321 e. The van der Waals surface area contributed by atoms with Gasteiger partial charge in [0.25, 0.3) is 0 Å². The number of aryl methyl sites for hydroxylation is 1. The Kier molecular flexibility index (Phi) is 4.33. The highest BCUT2D eigenvalue weighted by molar-refractivity contribution is 7.13. The lowest BCUT2D eigenvalue weighted by Gasteiger charge is -2.16. The Morgan fingerprint density at radius 2 is 2.00 bits per heavy atom. The smallest absolute Gasteiger partial charge is 0.189 e. The molecule has 2 aromatic rings. The Balaban J connectivity index is 2.15. The second kappa shape index (κ2) is 5.98. The minimum Gasteiger partial charge on any atom is -0.321 e. The molecule has 2 rings (SSSR count). The molecule has 0 fully saturated rings. The van der Waals surface area contributed by atoms with Gasteiger partial charge in [-0.1, -0.05) is 19.1 Å². The molecular weight excluding hydrogens is 242 g/mol. The van der Waals surface area contributed by atoms with E-state index in [4.69, 9.17) is 0 Å². The van der Waals surface area contributed by atoms with Crippen LogP contribution < -0.4 is 10.2 Å². The molecule has 1 heterocycles. The fourth-order valence-corrected chi connectivity index (χ4v) is 2.59. The first kappa shape index (κ1) is 13.1. The Bertz CT molecular complexity index is 490. The van der Waals surface area contributed by atoms with Crippen LogP contribution >= 0.6 is 11.3 Å². The molecule has 3 nitrogen and oxygen atoms in total. The Morgan fingerprint density at radius 3 is 2.61 bits per heavy atom. The number of hydrogen-bond acceptors (Lipinski definition) is 4. The second-order valence-electron chi connectivity index (χ2n) is 4.23. The van der Waals surface area contributed by atoms with Gasteiger partial charge in [-0.2, -0.15) is 0 Å². The predicted molar refractivity (Wildman–Crippen MR) is 78.8 cm³/mol. The molecule has 0 aliphatic heterocycles. The lowest BCUT2D eigenvalue weighted by atomic mass is 10.1. The molecule has 0 spiro atoms. The molecule has 18 heavy (non-hydrogen) atoms. The van der Waals surface area contributed by atoms with Crippen molar-refractivity contribution in [1.29, 1.82) is 0 Å². The molecule has 0 atom stereocenters. The van der Waals surface area contributed by atoms with Crippen LogP contribution in [-0.2, 0) is 13.0 Å². The van der Waals surface area contributed by atoms with Gasteiger partial charge in [0.1, 0.15) is 0 Å². The van der Waals surface area contributed by atoms with Crippen LogP contribution in [0.5, 0.6) is 0 Å². The average molecular weight is 261 g/mol. The van der Waals surface area contributed by atoms with Crippen molar-refractivity contribution in [3.05, 3.63) is 40.9 Å². The molecule has 1 aromatic heterocycles. The molecule has 96 valence electrons. The Hall–Kier alpha value is -1.39. The summed E-state index contributed by atoms with van der Waals surface area (Å²) in [4.78, 5) is 6.73. The van der Waals surface area contributed by atoms with Gasteiger partial charge in [-0.3, -0.25) is 0 Å². The zero-order valence-corrected chi connectivity index (χ0v) is 11.9. The molecule has 0 aliphatic rings. The van der Waals surface area contributed by atoms with Crippen molar-refractivity contribution in [2.75, 3.05) is 19.0 Å².